The molecule has 0 unspecified atom stereocenters. The number of para-hydroxylation sites is 3. The summed E-state index contributed by atoms with van der Waals surface area (Å²) in [6.45, 7) is 0. The second-order valence-corrected chi connectivity index (χ2v) is 14.6. The third-order valence-corrected chi connectivity index (χ3v) is 11.4. The fourth-order valence-electron chi connectivity index (χ4n) is 8.66. The van der Waals surface area contributed by atoms with E-state index in [1.54, 1.807) is 0 Å². The average Bonchev–Trinajstić information content (AvgIpc) is 3.84. The van der Waals surface area contributed by atoms with Crippen molar-refractivity contribution in [2.45, 2.75) is 12.8 Å². The van der Waals surface area contributed by atoms with E-state index in [1.807, 2.05) is 30.3 Å². The SMILES string of the molecule is C1=C(c2ccc3cc(-c4nc(-c5ccc6c(ccc7ccccc76)c5)nc(-c5cccc6c5oc5ccccc56)n4)ccc3c2)c2c(oc3ccccc23)CC1. The fourth-order valence-corrected chi connectivity index (χ4v) is 8.66. The van der Waals surface area contributed by atoms with Gasteiger partial charge in [-0.15, -0.1) is 0 Å². The van der Waals surface area contributed by atoms with Gasteiger partial charge in [0.15, 0.2) is 17.5 Å². The number of furan rings is 2. The Morgan fingerprint density at radius 2 is 1.00 bits per heavy atom. The summed E-state index contributed by atoms with van der Waals surface area (Å²) in [4.78, 5) is 15.5. The van der Waals surface area contributed by atoms with Crippen LogP contribution in [-0.4, -0.2) is 15.0 Å². The van der Waals surface area contributed by atoms with Crippen LogP contribution in [0.4, 0.5) is 0 Å². The van der Waals surface area contributed by atoms with Crippen LogP contribution >= 0.6 is 0 Å². The maximum Gasteiger partial charge on any atom is 0.167 e. The van der Waals surface area contributed by atoms with E-state index in [0.29, 0.717) is 17.5 Å². The van der Waals surface area contributed by atoms with E-state index in [-0.39, 0.29) is 0 Å². The van der Waals surface area contributed by atoms with Crippen LogP contribution < -0.4 is 0 Å². The largest absolute Gasteiger partial charge is 0.460 e. The van der Waals surface area contributed by atoms with Gasteiger partial charge in [0, 0.05) is 39.3 Å². The first kappa shape index (κ1) is 31.0. The van der Waals surface area contributed by atoms with Gasteiger partial charge in [-0.3, -0.25) is 0 Å². The molecule has 3 aromatic heterocycles. The van der Waals surface area contributed by atoms with E-state index >= 15 is 0 Å². The third kappa shape index (κ3) is 4.84. The molecule has 262 valence electrons. The number of hydrogen-bond donors (Lipinski definition) is 0. The van der Waals surface area contributed by atoms with E-state index in [2.05, 4.69) is 133 Å². The first-order valence-corrected chi connectivity index (χ1v) is 19.1. The molecule has 0 bridgehead atoms. The van der Waals surface area contributed by atoms with Gasteiger partial charge in [0.1, 0.15) is 22.5 Å². The lowest BCUT2D eigenvalue weighted by atomic mass is 9.88. The molecule has 5 nitrogen and oxygen atoms in total. The van der Waals surface area contributed by atoms with Crippen molar-refractivity contribution in [1.82, 2.24) is 15.0 Å². The van der Waals surface area contributed by atoms with Crippen LogP contribution in [0.3, 0.4) is 0 Å². The number of hydrogen-bond acceptors (Lipinski definition) is 5. The monoisotopic (exact) mass is 717 g/mol. The highest BCUT2D eigenvalue weighted by Crippen LogP contribution is 2.41. The Kier molecular flexibility index (Phi) is 6.69. The maximum absolute atomic E-state index is 6.48. The normalized spacial score (nSPS) is 13.0. The molecular weight excluding hydrogens is 687 g/mol. The maximum atomic E-state index is 6.48. The predicted molar refractivity (Wildman–Crippen MR) is 228 cm³/mol. The topological polar surface area (TPSA) is 65.0 Å². The van der Waals surface area contributed by atoms with Crippen LogP contribution in [0.5, 0.6) is 0 Å². The van der Waals surface area contributed by atoms with E-state index < -0.39 is 0 Å². The van der Waals surface area contributed by atoms with E-state index in [4.69, 9.17) is 23.8 Å². The molecule has 5 heteroatoms. The van der Waals surface area contributed by atoms with Gasteiger partial charge in [-0.25, -0.2) is 15.0 Å². The summed E-state index contributed by atoms with van der Waals surface area (Å²) in [5.74, 6) is 2.85. The first-order valence-electron chi connectivity index (χ1n) is 19.1. The summed E-state index contributed by atoms with van der Waals surface area (Å²) in [7, 11) is 0. The average molecular weight is 718 g/mol. The van der Waals surface area contributed by atoms with Crippen LogP contribution in [0.15, 0.2) is 173 Å². The number of nitrogens with zero attached hydrogens (tertiary/aromatic N) is 3. The number of aromatic nitrogens is 3. The molecule has 0 saturated carbocycles. The van der Waals surface area contributed by atoms with Crippen LogP contribution in [0, 0.1) is 0 Å². The van der Waals surface area contributed by atoms with Gasteiger partial charge in [-0.1, -0.05) is 127 Å². The zero-order valence-electron chi connectivity index (χ0n) is 30.2. The summed E-state index contributed by atoms with van der Waals surface area (Å²) in [6, 6.07) is 55.2. The van der Waals surface area contributed by atoms with Crippen molar-refractivity contribution in [3.63, 3.8) is 0 Å². The van der Waals surface area contributed by atoms with Crippen LogP contribution in [-0.2, 0) is 6.42 Å². The predicted octanol–water partition coefficient (Wildman–Crippen LogP) is 13.4. The molecule has 0 atom stereocenters. The number of fused-ring (bicyclic) bond motifs is 10. The van der Waals surface area contributed by atoms with Gasteiger partial charge < -0.3 is 8.83 Å². The number of rotatable bonds is 4. The second-order valence-electron chi connectivity index (χ2n) is 14.6. The Balaban J connectivity index is 1.01. The fraction of sp³-hybridized carbons (Fsp3) is 0.0392. The molecule has 1 aliphatic rings. The summed E-state index contributed by atoms with van der Waals surface area (Å²) in [5.41, 5.74) is 8.84. The number of aryl methyl sites for hydroxylation is 1. The van der Waals surface area contributed by atoms with Crippen molar-refractivity contribution in [2.24, 2.45) is 0 Å². The van der Waals surface area contributed by atoms with Gasteiger partial charge >= 0.3 is 0 Å². The summed E-state index contributed by atoms with van der Waals surface area (Å²) in [5, 5.41) is 10.3. The summed E-state index contributed by atoms with van der Waals surface area (Å²) < 4.78 is 12.8. The highest BCUT2D eigenvalue weighted by molar-refractivity contribution is 6.10. The molecular formula is C51H31N3O2. The van der Waals surface area contributed by atoms with Gasteiger partial charge in [0.25, 0.3) is 0 Å². The standard InChI is InChI=1S/C51H31N3O2/c1-2-10-37-30(9-1)19-22-33-29-36(25-26-38(33)37)50-52-49(53-51(54-50)43-15-7-14-41-40-11-3-5-16-44(40)56-48(41)43)35-24-21-31-27-34(23-20-32(31)28-35)39-13-8-18-46-47(39)42-12-4-6-17-45(42)55-46/h1-7,9-17,19-29H,8,18H2. The molecule has 0 amide bonds. The molecule has 0 saturated heterocycles. The Bertz CT molecular complexity index is 3440. The second kappa shape index (κ2) is 12.1. The molecule has 56 heavy (non-hydrogen) atoms. The first-order chi connectivity index (χ1) is 27.7. The highest BCUT2D eigenvalue weighted by Gasteiger charge is 2.22. The number of allylic oxidation sites excluding steroid dienone is 1. The Morgan fingerprint density at radius 1 is 0.411 bits per heavy atom. The van der Waals surface area contributed by atoms with E-state index in [9.17, 15) is 0 Å². The van der Waals surface area contributed by atoms with Crippen molar-refractivity contribution >= 4 is 70.8 Å². The van der Waals surface area contributed by atoms with Gasteiger partial charge in [0.05, 0.1) is 5.56 Å². The van der Waals surface area contributed by atoms with Crippen molar-refractivity contribution in [1.29, 1.82) is 0 Å². The van der Waals surface area contributed by atoms with Crippen molar-refractivity contribution < 1.29 is 8.83 Å². The molecule has 11 aromatic rings. The van der Waals surface area contributed by atoms with Crippen molar-refractivity contribution in [3.05, 3.63) is 181 Å². The molecule has 0 spiro atoms. The minimum absolute atomic E-state index is 0.566. The molecule has 1 aliphatic carbocycles. The molecule has 0 fully saturated rings. The Hall–Kier alpha value is -7.37. The summed E-state index contributed by atoms with van der Waals surface area (Å²) in [6.07, 6.45) is 4.23. The number of benzene rings is 8. The van der Waals surface area contributed by atoms with Gasteiger partial charge in [-0.2, -0.15) is 0 Å². The third-order valence-electron chi connectivity index (χ3n) is 11.4. The van der Waals surface area contributed by atoms with Crippen molar-refractivity contribution in [2.75, 3.05) is 0 Å². The minimum Gasteiger partial charge on any atom is -0.460 e. The molecule has 12 rings (SSSR count). The Morgan fingerprint density at radius 3 is 1.84 bits per heavy atom. The lowest BCUT2D eigenvalue weighted by Gasteiger charge is -2.15. The van der Waals surface area contributed by atoms with Crippen LogP contribution in [0.25, 0.3) is 105 Å². The zero-order chi connectivity index (χ0) is 36.7. The molecule has 0 radical (unpaired) electrons. The van der Waals surface area contributed by atoms with E-state index in [0.717, 1.165) is 79.0 Å². The van der Waals surface area contributed by atoms with Crippen LogP contribution in [0.2, 0.25) is 0 Å². The lowest BCUT2D eigenvalue weighted by Crippen LogP contribution is -2.00. The smallest absolute Gasteiger partial charge is 0.167 e. The lowest BCUT2D eigenvalue weighted by molar-refractivity contribution is 0.545. The van der Waals surface area contributed by atoms with E-state index in [1.165, 1.54) is 38.2 Å². The molecule has 0 aliphatic heterocycles. The van der Waals surface area contributed by atoms with Crippen LogP contribution in [0.1, 0.15) is 23.3 Å². The van der Waals surface area contributed by atoms with Gasteiger partial charge in [-0.05, 0) is 86.3 Å². The Labute approximate surface area is 321 Å². The van der Waals surface area contributed by atoms with Gasteiger partial charge in [0.2, 0.25) is 0 Å². The summed E-state index contributed by atoms with van der Waals surface area (Å²) >= 11 is 0. The minimum atomic E-state index is 0.566. The quantitative estimate of drug-likeness (QED) is 0.170. The molecule has 8 aromatic carbocycles. The molecule has 0 N–H and O–H groups in total. The van der Waals surface area contributed by atoms with Crippen molar-refractivity contribution in [3.8, 4) is 34.2 Å². The molecule has 3 heterocycles. The highest BCUT2D eigenvalue weighted by atomic mass is 16.3. The zero-order valence-corrected chi connectivity index (χ0v) is 30.2.